The molecule has 2 atom stereocenters. The topological polar surface area (TPSA) is 29.6 Å². The molecule has 0 bridgehead atoms. The van der Waals surface area contributed by atoms with Gasteiger partial charge in [-0.05, 0) is 12.1 Å². The third-order valence-electron chi connectivity index (χ3n) is 1.89. The van der Waals surface area contributed by atoms with Crippen molar-refractivity contribution in [2.45, 2.75) is 11.0 Å². The Labute approximate surface area is 94.6 Å². The van der Waals surface area contributed by atoms with Gasteiger partial charge in [0, 0.05) is 0 Å². The van der Waals surface area contributed by atoms with Crippen LogP contribution in [0.25, 0.3) is 0 Å². The maximum absolute atomic E-state index is 11.8. The minimum atomic E-state index is -1.16. The normalized spacial score (nSPS) is 22.0. The van der Waals surface area contributed by atoms with Gasteiger partial charge in [-0.25, -0.2) is 0 Å². The minimum absolute atomic E-state index is 0.114. The summed E-state index contributed by atoms with van der Waals surface area (Å²) >= 11 is 11.8. The average Bonchev–Trinajstić information content (AvgIpc) is 2.87. The summed E-state index contributed by atoms with van der Waals surface area (Å²) in [7, 11) is -1.16. The van der Waals surface area contributed by atoms with Crippen LogP contribution in [0.5, 0.6) is 0 Å². The van der Waals surface area contributed by atoms with E-state index in [2.05, 4.69) is 0 Å². The van der Waals surface area contributed by atoms with Gasteiger partial charge in [-0.1, -0.05) is 29.3 Å². The second-order valence-electron chi connectivity index (χ2n) is 3.02. The number of epoxide rings is 1. The van der Waals surface area contributed by atoms with E-state index in [-0.39, 0.29) is 6.10 Å². The lowest BCUT2D eigenvalue weighted by atomic mass is 10.4. The third kappa shape index (κ3) is 2.28. The van der Waals surface area contributed by atoms with Crippen molar-refractivity contribution >= 4 is 34.0 Å². The van der Waals surface area contributed by atoms with Crippen LogP contribution in [0, 0.1) is 0 Å². The molecule has 2 rings (SSSR count). The van der Waals surface area contributed by atoms with Crippen molar-refractivity contribution < 1.29 is 8.95 Å². The van der Waals surface area contributed by atoms with Crippen LogP contribution < -0.4 is 0 Å². The molecule has 0 amide bonds. The van der Waals surface area contributed by atoms with Crippen LogP contribution in [-0.2, 0) is 15.5 Å². The van der Waals surface area contributed by atoms with Gasteiger partial charge in [0.2, 0.25) is 0 Å². The number of rotatable bonds is 3. The maximum atomic E-state index is 11.8. The van der Waals surface area contributed by atoms with Crippen molar-refractivity contribution in [2.24, 2.45) is 0 Å². The number of halogens is 2. The van der Waals surface area contributed by atoms with Crippen LogP contribution in [0.3, 0.4) is 0 Å². The number of benzene rings is 1. The molecule has 0 radical (unpaired) electrons. The van der Waals surface area contributed by atoms with Gasteiger partial charge in [-0.3, -0.25) is 4.21 Å². The lowest BCUT2D eigenvalue weighted by Crippen LogP contribution is -2.05. The summed E-state index contributed by atoms with van der Waals surface area (Å²) < 4.78 is 16.8. The predicted octanol–water partition coefficient (Wildman–Crippen LogP) is 2.50. The number of hydrogen-bond acceptors (Lipinski definition) is 2. The Morgan fingerprint density at radius 1 is 1.43 bits per heavy atom. The first kappa shape index (κ1) is 10.4. The smallest absolute Gasteiger partial charge is 0.0928 e. The molecule has 2 nitrogen and oxygen atoms in total. The second kappa shape index (κ2) is 4.19. The Morgan fingerprint density at radius 2 is 2.00 bits per heavy atom. The van der Waals surface area contributed by atoms with E-state index in [0.717, 1.165) is 0 Å². The molecule has 1 unspecified atom stereocenters. The van der Waals surface area contributed by atoms with Gasteiger partial charge in [-0.2, -0.15) is 0 Å². The highest BCUT2D eigenvalue weighted by Crippen LogP contribution is 2.29. The first-order valence-electron chi connectivity index (χ1n) is 4.12. The highest BCUT2D eigenvalue weighted by atomic mass is 35.5. The Morgan fingerprint density at radius 3 is 2.50 bits per heavy atom. The van der Waals surface area contributed by atoms with Gasteiger partial charge >= 0.3 is 0 Å². The summed E-state index contributed by atoms with van der Waals surface area (Å²) in [5.74, 6) is 0.476. The van der Waals surface area contributed by atoms with Crippen molar-refractivity contribution in [1.82, 2.24) is 0 Å². The van der Waals surface area contributed by atoms with Crippen molar-refractivity contribution in [3.05, 3.63) is 28.2 Å². The standard InChI is InChI=1S/C9H8Cl2O2S/c10-7-2-1-3-8(11)9(7)14(12)5-6-4-13-6/h1-3,6H,4-5H2/t6-,14?/m1/s1. The zero-order valence-corrected chi connectivity index (χ0v) is 9.53. The fourth-order valence-corrected chi connectivity index (χ4v) is 3.30. The summed E-state index contributed by atoms with van der Waals surface area (Å²) in [5.41, 5.74) is 0. The third-order valence-corrected chi connectivity index (χ3v) is 4.31. The second-order valence-corrected chi connectivity index (χ2v) is 5.27. The van der Waals surface area contributed by atoms with Gasteiger partial charge in [0.05, 0.1) is 44.2 Å². The Balaban J connectivity index is 2.24. The molecule has 1 aromatic carbocycles. The Bertz CT molecular complexity index is 357. The van der Waals surface area contributed by atoms with E-state index in [1.54, 1.807) is 18.2 Å². The average molecular weight is 251 g/mol. The fourth-order valence-electron chi connectivity index (χ4n) is 1.12. The summed E-state index contributed by atoms with van der Waals surface area (Å²) in [6, 6.07) is 5.11. The maximum Gasteiger partial charge on any atom is 0.0928 e. The minimum Gasteiger partial charge on any atom is -0.372 e. The molecule has 1 saturated heterocycles. The number of ether oxygens (including phenoxy) is 1. The summed E-state index contributed by atoms with van der Waals surface area (Å²) in [5, 5.41) is 0.910. The van der Waals surface area contributed by atoms with Crippen LogP contribution in [0.2, 0.25) is 10.0 Å². The van der Waals surface area contributed by atoms with Gasteiger partial charge in [0.25, 0.3) is 0 Å². The van der Waals surface area contributed by atoms with E-state index in [4.69, 9.17) is 27.9 Å². The predicted molar refractivity (Wildman–Crippen MR) is 57.5 cm³/mol. The Kier molecular flexibility index (Phi) is 3.12. The van der Waals surface area contributed by atoms with Crippen LogP contribution in [-0.4, -0.2) is 22.7 Å². The molecule has 0 spiro atoms. The van der Waals surface area contributed by atoms with E-state index >= 15 is 0 Å². The lowest BCUT2D eigenvalue weighted by molar-refractivity contribution is 0.425. The van der Waals surface area contributed by atoms with E-state index in [9.17, 15) is 4.21 Å². The van der Waals surface area contributed by atoms with Gasteiger partial charge in [0.15, 0.2) is 0 Å². The quantitative estimate of drug-likeness (QED) is 0.772. The molecule has 14 heavy (non-hydrogen) atoms. The van der Waals surface area contributed by atoms with E-state index in [1.807, 2.05) is 0 Å². The van der Waals surface area contributed by atoms with Crippen molar-refractivity contribution in [3.63, 3.8) is 0 Å². The van der Waals surface area contributed by atoms with E-state index in [1.165, 1.54) is 0 Å². The monoisotopic (exact) mass is 250 g/mol. The van der Waals surface area contributed by atoms with Crippen LogP contribution in [0.4, 0.5) is 0 Å². The molecule has 0 aliphatic carbocycles. The van der Waals surface area contributed by atoms with Gasteiger partial charge < -0.3 is 4.74 Å². The molecule has 1 aliphatic heterocycles. The Hall–Kier alpha value is -0.0900. The molecule has 76 valence electrons. The highest BCUT2D eigenvalue weighted by molar-refractivity contribution is 7.85. The van der Waals surface area contributed by atoms with E-state index in [0.29, 0.717) is 27.3 Å². The summed E-state index contributed by atoms with van der Waals surface area (Å²) in [6.07, 6.45) is 0.114. The summed E-state index contributed by atoms with van der Waals surface area (Å²) in [4.78, 5) is 0.520. The molecular formula is C9H8Cl2O2S. The molecule has 0 aromatic heterocycles. The van der Waals surface area contributed by atoms with Gasteiger partial charge in [-0.15, -0.1) is 0 Å². The number of hydrogen-bond donors (Lipinski definition) is 0. The zero-order chi connectivity index (χ0) is 10.1. The van der Waals surface area contributed by atoms with Crippen molar-refractivity contribution in [3.8, 4) is 0 Å². The molecule has 0 N–H and O–H groups in total. The van der Waals surface area contributed by atoms with E-state index < -0.39 is 10.8 Å². The lowest BCUT2D eigenvalue weighted by Gasteiger charge is -2.04. The van der Waals surface area contributed by atoms with Gasteiger partial charge in [0.1, 0.15) is 0 Å². The highest BCUT2D eigenvalue weighted by Gasteiger charge is 2.27. The van der Waals surface area contributed by atoms with Crippen LogP contribution >= 0.6 is 23.2 Å². The van der Waals surface area contributed by atoms with Crippen molar-refractivity contribution in [1.29, 1.82) is 0 Å². The molecule has 0 saturated carbocycles. The first-order chi connectivity index (χ1) is 6.68. The molecule has 1 heterocycles. The molecule has 5 heteroatoms. The van der Waals surface area contributed by atoms with Crippen molar-refractivity contribution in [2.75, 3.05) is 12.4 Å². The zero-order valence-electron chi connectivity index (χ0n) is 7.20. The fraction of sp³-hybridized carbons (Fsp3) is 0.333. The first-order valence-corrected chi connectivity index (χ1v) is 6.20. The van der Waals surface area contributed by atoms with Crippen LogP contribution in [0.15, 0.2) is 23.1 Å². The molecular weight excluding hydrogens is 243 g/mol. The molecule has 1 fully saturated rings. The molecule has 1 aromatic rings. The summed E-state index contributed by atoms with van der Waals surface area (Å²) in [6.45, 7) is 0.688. The SMILES string of the molecule is O=S(C[C@H]1CO1)c1c(Cl)cccc1Cl. The van der Waals surface area contributed by atoms with Crippen LogP contribution in [0.1, 0.15) is 0 Å². The molecule has 1 aliphatic rings. The largest absolute Gasteiger partial charge is 0.372 e.